The van der Waals surface area contributed by atoms with Gasteiger partial charge in [0.25, 0.3) is 0 Å². The van der Waals surface area contributed by atoms with E-state index in [-0.39, 0.29) is 12.0 Å². The summed E-state index contributed by atoms with van der Waals surface area (Å²) in [6.07, 6.45) is 5.59. The number of aliphatic carboxylic acids is 1. The largest absolute Gasteiger partial charge is 0.496 e. The van der Waals surface area contributed by atoms with Crippen LogP contribution in [-0.4, -0.2) is 70.4 Å². The van der Waals surface area contributed by atoms with Crippen LogP contribution in [0.25, 0.3) is 45.8 Å². The molecule has 0 spiro atoms. The van der Waals surface area contributed by atoms with E-state index in [2.05, 4.69) is 103 Å². The maximum atomic E-state index is 11.4. The first-order valence-electron chi connectivity index (χ1n) is 17.5. The van der Waals surface area contributed by atoms with Crippen LogP contribution in [0.3, 0.4) is 0 Å². The number of aliphatic hydroxyl groups excluding tert-OH is 1. The van der Waals surface area contributed by atoms with Crippen molar-refractivity contribution in [1.29, 1.82) is 0 Å². The van der Waals surface area contributed by atoms with Crippen LogP contribution in [0.15, 0.2) is 71.1 Å². The van der Waals surface area contributed by atoms with Gasteiger partial charge in [0.05, 0.1) is 19.1 Å². The topological polar surface area (TPSA) is 99.3 Å². The van der Waals surface area contributed by atoms with Gasteiger partial charge in [-0.2, -0.15) is 0 Å². The second-order valence-corrected chi connectivity index (χ2v) is 13.9. The number of carbonyl (C=O) groups is 1. The summed E-state index contributed by atoms with van der Waals surface area (Å²) >= 11 is 0. The summed E-state index contributed by atoms with van der Waals surface area (Å²) in [4.78, 5) is 20.8. The van der Waals surface area contributed by atoms with Crippen LogP contribution in [0.2, 0.25) is 0 Å². The maximum absolute atomic E-state index is 11.4. The summed E-state index contributed by atoms with van der Waals surface area (Å²) in [7, 11) is 1.69. The number of nitrogens with zero attached hydrogens (tertiary/aromatic N) is 3. The molecule has 0 aliphatic carbocycles. The van der Waals surface area contributed by atoms with Crippen LogP contribution in [0, 0.1) is 26.7 Å². The number of likely N-dealkylation sites (tertiary alicyclic amines) is 2. The van der Waals surface area contributed by atoms with Crippen molar-refractivity contribution in [2.24, 2.45) is 5.92 Å². The minimum atomic E-state index is -0.716. The lowest BCUT2D eigenvalue weighted by Crippen LogP contribution is -2.23. The highest BCUT2D eigenvalue weighted by atomic mass is 16.5. The summed E-state index contributed by atoms with van der Waals surface area (Å²) in [5, 5.41) is 19.3. The van der Waals surface area contributed by atoms with Gasteiger partial charge in [-0.25, -0.2) is 4.98 Å². The number of aryl methyl sites for hydroxylation is 1. The molecule has 0 saturated carbocycles. The molecule has 3 heterocycles. The SMILES string of the molecule is COc1cc(/C=C/c2cccc(-c3cccc(-c4nc5cc(CN6CC[C@@H](O)C6)ccc5o4)c3C)c2C)c(C)cc1CN1CC[C@@H](C(=O)O)C1. The van der Waals surface area contributed by atoms with Gasteiger partial charge in [-0.05, 0) is 109 Å². The normalized spacial score (nSPS) is 18.5. The van der Waals surface area contributed by atoms with Crippen molar-refractivity contribution in [2.45, 2.75) is 52.8 Å². The van der Waals surface area contributed by atoms with Gasteiger partial charge in [0.2, 0.25) is 5.89 Å². The van der Waals surface area contributed by atoms with Crippen LogP contribution in [0.5, 0.6) is 5.75 Å². The Balaban J connectivity index is 1.12. The van der Waals surface area contributed by atoms with Crippen molar-refractivity contribution in [3.05, 3.63) is 106 Å². The van der Waals surface area contributed by atoms with E-state index in [0.717, 1.165) is 87.4 Å². The Morgan fingerprint density at radius 1 is 0.880 bits per heavy atom. The number of ether oxygens (including phenoxy) is 1. The zero-order chi connectivity index (χ0) is 34.9. The molecular formula is C42H45N3O5. The number of aliphatic hydroxyl groups is 1. The number of hydrogen-bond acceptors (Lipinski definition) is 7. The van der Waals surface area contributed by atoms with E-state index in [4.69, 9.17) is 14.1 Å². The van der Waals surface area contributed by atoms with Crippen molar-refractivity contribution in [3.63, 3.8) is 0 Å². The molecule has 2 saturated heterocycles. The van der Waals surface area contributed by atoms with E-state index in [0.29, 0.717) is 31.9 Å². The lowest BCUT2D eigenvalue weighted by Gasteiger charge is -2.19. The fourth-order valence-corrected chi connectivity index (χ4v) is 7.54. The number of aromatic nitrogens is 1. The molecule has 2 fully saturated rings. The zero-order valence-corrected chi connectivity index (χ0v) is 29.3. The Bertz CT molecular complexity index is 2080. The zero-order valence-electron chi connectivity index (χ0n) is 29.3. The van der Waals surface area contributed by atoms with Crippen molar-refractivity contribution in [1.82, 2.24) is 14.8 Å². The van der Waals surface area contributed by atoms with Crippen molar-refractivity contribution >= 4 is 29.2 Å². The molecule has 1 aromatic heterocycles. The number of hydrogen-bond donors (Lipinski definition) is 2. The molecule has 0 bridgehead atoms. The minimum absolute atomic E-state index is 0.234. The van der Waals surface area contributed by atoms with E-state index >= 15 is 0 Å². The number of methoxy groups -OCH3 is 1. The van der Waals surface area contributed by atoms with E-state index in [1.54, 1.807) is 7.11 Å². The van der Waals surface area contributed by atoms with Crippen LogP contribution in [0.1, 0.15) is 51.8 Å². The average Bonchev–Trinajstić information content (AvgIpc) is 3.85. The highest BCUT2D eigenvalue weighted by molar-refractivity contribution is 5.83. The third-order valence-corrected chi connectivity index (χ3v) is 10.5. The van der Waals surface area contributed by atoms with E-state index in [1.807, 2.05) is 6.07 Å². The summed E-state index contributed by atoms with van der Waals surface area (Å²) < 4.78 is 12.1. The quantitative estimate of drug-likeness (QED) is 0.146. The Kier molecular flexibility index (Phi) is 9.60. The van der Waals surface area contributed by atoms with Crippen LogP contribution in [0.4, 0.5) is 0 Å². The molecule has 8 heteroatoms. The van der Waals surface area contributed by atoms with Crippen molar-refractivity contribution in [2.75, 3.05) is 33.3 Å². The fraction of sp³-hybridized carbons (Fsp3) is 0.333. The Hall–Kier alpha value is -4.76. The Morgan fingerprint density at radius 2 is 1.60 bits per heavy atom. The molecule has 7 rings (SSSR count). The summed E-state index contributed by atoms with van der Waals surface area (Å²) in [5.41, 5.74) is 12.8. The molecular weight excluding hydrogens is 626 g/mol. The lowest BCUT2D eigenvalue weighted by atomic mass is 9.91. The highest BCUT2D eigenvalue weighted by Gasteiger charge is 2.28. The first kappa shape index (κ1) is 33.7. The second kappa shape index (κ2) is 14.2. The lowest BCUT2D eigenvalue weighted by molar-refractivity contribution is -0.141. The second-order valence-electron chi connectivity index (χ2n) is 13.9. The molecule has 2 aliphatic rings. The monoisotopic (exact) mass is 671 g/mol. The first-order chi connectivity index (χ1) is 24.2. The standard InChI is InChI=1S/C42H45N3O5/c1-26-19-33(24-45-17-15-32(23-45)42(47)48)40(49-4)21-31(26)13-12-30-7-5-8-35(27(30)2)36-9-6-10-37(28(36)3)41-43-38-20-29(11-14-39(38)50-41)22-44-18-16-34(46)25-44/h5-14,19-21,32,34,46H,15-18,22-25H2,1-4H3,(H,47,48)/b13-12+/t32-,34-/m1/s1. The number of fused-ring (bicyclic) bond motifs is 1. The van der Waals surface area contributed by atoms with Gasteiger partial charge in [-0.3, -0.25) is 14.6 Å². The number of carboxylic acids is 1. The summed E-state index contributed by atoms with van der Waals surface area (Å²) in [6.45, 7) is 10.8. The van der Waals surface area contributed by atoms with Crippen LogP contribution < -0.4 is 4.74 Å². The first-order valence-corrected chi connectivity index (χ1v) is 17.5. The summed E-state index contributed by atoms with van der Waals surface area (Å²) in [5.74, 6) is 0.411. The molecule has 0 amide bonds. The predicted octanol–water partition coefficient (Wildman–Crippen LogP) is 7.74. The minimum Gasteiger partial charge on any atom is -0.496 e. The van der Waals surface area contributed by atoms with E-state index in [9.17, 15) is 15.0 Å². The van der Waals surface area contributed by atoms with E-state index < -0.39 is 5.97 Å². The Morgan fingerprint density at radius 3 is 2.34 bits per heavy atom. The third kappa shape index (κ3) is 6.97. The van der Waals surface area contributed by atoms with Gasteiger partial charge in [-0.15, -0.1) is 0 Å². The smallest absolute Gasteiger partial charge is 0.307 e. The van der Waals surface area contributed by atoms with Gasteiger partial charge in [0.1, 0.15) is 11.3 Å². The predicted molar refractivity (Wildman–Crippen MR) is 198 cm³/mol. The van der Waals surface area contributed by atoms with Gasteiger partial charge < -0.3 is 19.4 Å². The molecule has 258 valence electrons. The van der Waals surface area contributed by atoms with Crippen molar-refractivity contribution in [3.8, 4) is 28.3 Å². The fourth-order valence-electron chi connectivity index (χ4n) is 7.54. The molecule has 8 nitrogen and oxygen atoms in total. The van der Waals surface area contributed by atoms with Crippen LogP contribution >= 0.6 is 0 Å². The molecule has 2 N–H and O–H groups in total. The number of rotatable bonds is 10. The average molecular weight is 672 g/mol. The number of oxazole rings is 1. The molecule has 5 aromatic rings. The maximum Gasteiger partial charge on any atom is 0.307 e. The number of carboxylic acid groups (broad SMARTS) is 1. The molecule has 2 atom stereocenters. The van der Waals surface area contributed by atoms with Gasteiger partial charge >= 0.3 is 5.97 Å². The molecule has 50 heavy (non-hydrogen) atoms. The van der Waals surface area contributed by atoms with E-state index in [1.165, 1.54) is 11.1 Å². The molecule has 0 unspecified atom stereocenters. The van der Waals surface area contributed by atoms with Gasteiger partial charge in [0, 0.05) is 43.9 Å². The summed E-state index contributed by atoms with van der Waals surface area (Å²) in [6, 6.07) is 23.1. The van der Waals surface area contributed by atoms with Crippen molar-refractivity contribution < 1.29 is 24.2 Å². The van der Waals surface area contributed by atoms with Gasteiger partial charge in [0.15, 0.2) is 5.58 Å². The van der Waals surface area contributed by atoms with Gasteiger partial charge in [-0.1, -0.05) is 54.6 Å². The van der Waals surface area contributed by atoms with Crippen LogP contribution in [-0.2, 0) is 17.9 Å². The molecule has 2 aliphatic heterocycles. The molecule has 0 radical (unpaired) electrons. The Labute approximate surface area is 293 Å². The number of benzene rings is 4. The highest BCUT2D eigenvalue weighted by Crippen LogP contribution is 2.36. The molecule has 4 aromatic carbocycles. The third-order valence-electron chi connectivity index (χ3n) is 10.5. The number of β-amino-alcohol motifs (C(OH)–C–C–N with tert-alkyl or cyclic N) is 1.